The molecule has 0 bridgehead atoms. The summed E-state index contributed by atoms with van der Waals surface area (Å²) in [7, 11) is 0. The van der Waals surface area contributed by atoms with Gasteiger partial charge in [0.05, 0.1) is 23.2 Å². The average Bonchev–Trinajstić information content (AvgIpc) is 3.43. The number of aryl methyl sites for hydroxylation is 1. The lowest BCUT2D eigenvalue weighted by atomic mass is 10.0. The van der Waals surface area contributed by atoms with Crippen LogP contribution in [0.3, 0.4) is 0 Å². The van der Waals surface area contributed by atoms with E-state index in [4.69, 9.17) is 22.1 Å². The zero-order chi connectivity index (χ0) is 25.9. The Labute approximate surface area is 226 Å². The molecule has 0 saturated carbocycles. The van der Waals surface area contributed by atoms with Gasteiger partial charge in [0, 0.05) is 17.3 Å². The number of amides is 1. The monoisotopic (exact) mass is 525 g/mol. The number of hydrogen-bond acceptors (Lipinski definition) is 5. The van der Waals surface area contributed by atoms with Crippen LogP contribution >= 0.6 is 24.0 Å². The van der Waals surface area contributed by atoms with Crippen LogP contribution in [0.1, 0.15) is 30.5 Å². The second kappa shape index (κ2) is 10.7. The molecule has 0 aliphatic carbocycles. The molecule has 2 heterocycles. The summed E-state index contributed by atoms with van der Waals surface area (Å²) < 4.78 is 8.33. The van der Waals surface area contributed by atoms with E-state index in [-0.39, 0.29) is 12.0 Å². The number of rotatable bonds is 7. The van der Waals surface area contributed by atoms with Crippen LogP contribution in [0.5, 0.6) is 5.75 Å². The molecule has 0 radical (unpaired) electrons. The van der Waals surface area contributed by atoms with Gasteiger partial charge in [-0.15, -0.1) is 0 Å². The highest BCUT2D eigenvalue weighted by Crippen LogP contribution is 2.36. The van der Waals surface area contributed by atoms with E-state index in [1.54, 1.807) is 4.90 Å². The molecule has 1 saturated heterocycles. The first kappa shape index (κ1) is 25.0. The molecular weight excluding hydrogens is 498 g/mol. The fourth-order valence-corrected chi connectivity index (χ4v) is 5.40. The summed E-state index contributed by atoms with van der Waals surface area (Å²) >= 11 is 6.91. The van der Waals surface area contributed by atoms with Crippen LogP contribution in [0.4, 0.5) is 0 Å². The van der Waals surface area contributed by atoms with Crippen molar-refractivity contribution in [3.05, 3.63) is 107 Å². The Morgan fingerprint density at radius 2 is 1.73 bits per heavy atom. The van der Waals surface area contributed by atoms with E-state index < -0.39 is 0 Å². The molecule has 1 aromatic heterocycles. The number of ether oxygens (including phenoxy) is 1. The Morgan fingerprint density at radius 3 is 2.41 bits per heavy atom. The van der Waals surface area contributed by atoms with Gasteiger partial charge in [0.1, 0.15) is 15.8 Å². The van der Waals surface area contributed by atoms with E-state index >= 15 is 0 Å². The van der Waals surface area contributed by atoms with Crippen molar-refractivity contribution in [2.45, 2.75) is 33.4 Å². The lowest BCUT2D eigenvalue weighted by Crippen LogP contribution is -2.27. The molecule has 5 rings (SSSR count). The van der Waals surface area contributed by atoms with Gasteiger partial charge in [0.15, 0.2) is 0 Å². The summed E-state index contributed by atoms with van der Waals surface area (Å²) in [6.07, 6.45) is 3.96. The van der Waals surface area contributed by atoms with Crippen molar-refractivity contribution in [3.63, 3.8) is 0 Å². The fourth-order valence-electron chi connectivity index (χ4n) is 4.16. The van der Waals surface area contributed by atoms with E-state index in [1.165, 1.54) is 11.8 Å². The largest absolute Gasteiger partial charge is 0.491 e. The van der Waals surface area contributed by atoms with Crippen LogP contribution in [0.2, 0.25) is 0 Å². The van der Waals surface area contributed by atoms with Crippen LogP contribution in [-0.4, -0.2) is 31.0 Å². The smallest absolute Gasteiger partial charge is 0.266 e. The van der Waals surface area contributed by atoms with Crippen molar-refractivity contribution in [3.8, 4) is 22.7 Å². The molecule has 0 N–H and O–H groups in total. The molecule has 7 heteroatoms. The molecule has 0 spiro atoms. The summed E-state index contributed by atoms with van der Waals surface area (Å²) in [5.41, 5.74) is 5.60. The first-order valence-corrected chi connectivity index (χ1v) is 13.3. The van der Waals surface area contributed by atoms with Crippen molar-refractivity contribution in [2.75, 3.05) is 0 Å². The molecule has 5 nitrogen and oxygen atoms in total. The Hall–Kier alpha value is -3.68. The van der Waals surface area contributed by atoms with Crippen molar-refractivity contribution in [2.24, 2.45) is 0 Å². The van der Waals surface area contributed by atoms with Gasteiger partial charge in [0.2, 0.25) is 0 Å². The van der Waals surface area contributed by atoms with Crippen LogP contribution < -0.4 is 4.74 Å². The Kier molecular flexibility index (Phi) is 7.26. The van der Waals surface area contributed by atoms with Crippen LogP contribution in [0.25, 0.3) is 23.0 Å². The third kappa shape index (κ3) is 5.53. The quantitative estimate of drug-likeness (QED) is 0.191. The van der Waals surface area contributed by atoms with E-state index in [2.05, 4.69) is 6.07 Å². The number of nitrogens with zero attached hydrogens (tertiary/aromatic N) is 3. The number of hydrogen-bond donors (Lipinski definition) is 0. The van der Waals surface area contributed by atoms with E-state index in [1.807, 2.05) is 111 Å². The molecule has 1 aliphatic rings. The SMILES string of the molecule is Cc1cc(-c2nn(-c3ccccc3)cc2/C=C2\SC(=S)N(Cc3ccccc3)C2=O)ccc1OC(C)C. The van der Waals surface area contributed by atoms with Crippen molar-refractivity contribution < 1.29 is 9.53 Å². The average molecular weight is 526 g/mol. The van der Waals surface area contributed by atoms with Gasteiger partial charge in [-0.05, 0) is 68.3 Å². The molecular formula is C30H27N3O2S2. The number of benzene rings is 3. The molecule has 0 unspecified atom stereocenters. The minimum atomic E-state index is -0.0888. The number of carbonyl (C=O) groups is 1. The lowest BCUT2D eigenvalue weighted by Gasteiger charge is -2.14. The Bertz CT molecular complexity index is 1480. The summed E-state index contributed by atoms with van der Waals surface area (Å²) in [6.45, 7) is 6.52. The van der Waals surface area contributed by atoms with Crippen LogP contribution in [-0.2, 0) is 11.3 Å². The minimum absolute atomic E-state index is 0.0888. The van der Waals surface area contributed by atoms with Crippen molar-refractivity contribution >= 4 is 40.3 Å². The topological polar surface area (TPSA) is 47.4 Å². The normalized spacial score (nSPS) is 14.7. The van der Waals surface area contributed by atoms with Gasteiger partial charge >= 0.3 is 0 Å². The van der Waals surface area contributed by atoms with Gasteiger partial charge in [-0.25, -0.2) is 4.68 Å². The third-order valence-electron chi connectivity index (χ3n) is 5.92. The molecule has 1 aliphatic heterocycles. The molecule has 0 atom stereocenters. The van der Waals surface area contributed by atoms with Crippen molar-refractivity contribution in [1.82, 2.24) is 14.7 Å². The van der Waals surface area contributed by atoms with Gasteiger partial charge in [-0.2, -0.15) is 5.10 Å². The number of thiocarbonyl (C=S) groups is 1. The summed E-state index contributed by atoms with van der Waals surface area (Å²) in [4.78, 5) is 15.6. The molecule has 3 aromatic carbocycles. The molecule has 1 fully saturated rings. The maximum absolute atomic E-state index is 13.4. The summed E-state index contributed by atoms with van der Waals surface area (Å²) in [5, 5.41) is 4.92. The van der Waals surface area contributed by atoms with Gasteiger partial charge in [-0.3, -0.25) is 9.69 Å². The van der Waals surface area contributed by atoms with Gasteiger partial charge in [0.25, 0.3) is 5.91 Å². The van der Waals surface area contributed by atoms with Crippen LogP contribution in [0, 0.1) is 6.92 Å². The van der Waals surface area contributed by atoms with Crippen molar-refractivity contribution in [1.29, 1.82) is 0 Å². The first-order chi connectivity index (χ1) is 17.9. The zero-order valence-electron chi connectivity index (χ0n) is 20.9. The minimum Gasteiger partial charge on any atom is -0.491 e. The highest BCUT2D eigenvalue weighted by atomic mass is 32.2. The number of aromatic nitrogens is 2. The number of thioether (sulfide) groups is 1. The van der Waals surface area contributed by atoms with E-state index in [9.17, 15) is 4.79 Å². The second-order valence-corrected chi connectivity index (χ2v) is 10.8. The van der Waals surface area contributed by atoms with Gasteiger partial charge < -0.3 is 4.74 Å². The highest BCUT2D eigenvalue weighted by Gasteiger charge is 2.32. The fraction of sp³-hybridized carbons (Fsp3) is 0.167. The Balaban J connectivity index is 1.53. The predicted octanol–water partition coefficient (Wildman–Crippen LogP) is 7.04. The molecule has 1 amide bonds. The highest BCUT2D eigenvalue weighted by molar-refractivity contribution is 8.26. The number of carbonyl (C=O) groups excluding carboxylic acids is 1. The maximum Gasteiger partial charge on any atom is 0.266 e. The lowest BCUT2D eigenvalue weighted by molar-refractivity contribution is -0.122. The first-order valence-electron chi connectivity index (χ1n) is 12.1. The van der Waals surface area contributed by atoms with Gasteiger partial charge in [-0.1, -0.05) is 72.5 Å². The van der Waals surface area contributed by atoms with E-state index in [0.29, 0.717) is 15.8 Å². The second-order valence-electron chi connectivity index (χ2n) is 9.11. The Morgan fingerprint density at radius 1 is 1.03 bits per heavy atom. The standard InChI is InChI=1S/C30H27N3O2S2/c1-20(2)35-26-15-14-23(16-21(26)3)28-24(19-33(31-28)25-12-8-5-9-13-25)17-27-29(34)32(30(36)37-27)18-22-10-6-4-7-11-22/h4-17,19-20H,18H2,1-3H3/b27-17-. The third-order valence-corrected chi connectivity index (χ3v) is 7.30. The molecule has 186 valence electrons. The maximum atomic E-state index is 13.4. The zero-order valence-corrected chi connectivity index (χ0v) is 22.6. The number of para-hydroxylation sites is 1. The van der Waals surface area contributed by atoms with E-state index in [0.717, 1.165) is 39.4 Å². The summed E-state index contributed by atoms with van der Waals surface area (Å²) in [6, 6.07) is 25.9. The van der Waals surface area contributed by atoms with Crippen LogP contribution in [0.15, 0.2) is 90.0 Å². The predicted molar refractivity (Wildman–Crippen MR) is 155 cm³/mol. The summed E-state index contributed by atoms with van der Waals surface area (Å²) in [5.74, 6) is 0.763. The molecule has 37 heavy (non-hydrogen) atoms. The molecule has 4 aromatic rings.